The molecular formula is C20H21FN2O2. The first-order chi connectivity index (χ1) is 12.0. The number of carbonyl (C=O) groups excluding carboxylic acids is 2. The molecule has 2 aromatic carbocycles. The summed E-state index contributed by atoms with van der Waals surface area (Å²) in [5.41, 5.74) is 3.15. The summed E-state index contributed by atoms with van der Waals surface area (Å²) in [6.45, 7) is 2.94. The summed E-state index contributed by atoms with van der Waals surface area (Å²) in [4.78, 5) is 26.5. The van der Waals surface area contributed by atoms with Crippen LogP contribution in [0, 0.1) is 5.82 Å². The zero-order valence-corrected chi connectivity index (χ0v) is 14.2. The Morgan fingerprint density at radius 1 is 1.12 bits per heavy atom. The van der Waals surface area contributed by atoms with E-state index in [4.69, 9.17) is 0 Å². The highest BCUT2D eigenvalue weighted by Gasteiger charge is 2.25. The second-order valence-electron chi connectivity index (χ2n) is 6.37. The van der Waals surface area contributed by atoms with Crippen molar-refractivity contribution in [3.8, 4) is 0 Å². The number of rotatable bonds is 4. The van der Waals surface area contributed by atoms with Crippen LogP contribution in [0.1, 0.15) is 23.6 Å². The predicted molar refractivity (Wildman–Crippen MR) is 93.3 cm³/mol. The van der Waals surface area contributed by atoms with E-state index >= 15 is 0 Å². The van der Waals surface area contributed by atoms with Crippen LogP contribution in [0.3, 0.4) is 0 Å². The maximum Gasteiger partial charge on any atom is 0.245 e. The van der Waals surface area contributed by atoms with Crippen molar-refractivity contribution in [2.45, 2.75) is 32.4 Å². The van der Waals surface area contributed by atoms with Gasteiger partial charge in [-0.25, -0.2) is 4.39 Å². The van der Waals surface area contributed by atoms with Gasteiger partial charge in [-0.1, -0.05) is 36.4 Å². The summed E-state index contributed by atoms with van der Waals surface area (Å²) in [7, 11) is 0. The van der Waals surface area contributed by atoms with Gasteiger partial charge >= 0.3 is 0 Å². The third-order valence-corrected chi connectivity index (χ3v) is 4.47. The van der Waals surface area contributed by atoms with E-state index in [1.165, 1.54) is 17.7 Å². The Morgan fingerprint density at radius 2 is 1.80 bits per heavy atom. The fourth-order valence-corrected chi connectivity index (χ4v) is 3.10. The van der Waals surface area contributed by atoms with Gasteiger partial charge in [-0.3, -0.25) is 9.59 Å². The van der Waals surface area contributed by atoms with Gasteiger partial charge in [0.25, 0.3) is 0 Å². The van der Waals surface area contributed by atoms with Gasteiger partial charge in [0.15, 0.2) is 0 Å². The van der Waals surface area contributed by atoms with Gasteiger partial charge in [0.05, 0.1) is 6.42 Å². The minimum atomic E-state index is -0.585. The Hall–Kier alpha value is -2.69. The van der Waals surface area contributed by atoms with Crippen LogP contribution in [0.4, 0.5) is 4.39 Å². The van der Waals surface area contributed by atoms with Crippen LogP contribution in [-0.4, -0.2) is 29.3 Å². The molecule has 3 rings (SSSR count). The highest BCUT2D eigenvalue weighted by molar-refractivity contribution is 5.88. The summed E-state index contributed by atoms with van der Waals surface area (Å²) in [5, 5.41) is 2.74. The average Bonchev–Trinajstić information content (AvgIpc) is 2.62. The molecular weight excluding hydrogens is 319 g/mol. The average molecular weight is 340 g/mol. The zero-order valence-electron chi connectivity index (χ0n) is 14.2. The summed E-state index contributed by atoms with van der Waals surface area (Å²) < 4.78 is 12.9. The number of hydrogen-bond acceptors (Lipinski definition) is 2. The highest BCUT2D eigenvalue weighted by Crippen LogP contribution is 2.19. The van der Waals surface area contributed by atoms with E-state index in [1.807, 2.05) is 18.2 Å². The van der Waals surface area contributed by atoms with E-state index in [2.05, 4.69) is 11.4 Å². The second kappa shape index (κ2) is 7.47. The molecule has 0 saturated heterocycles. The van der Waals surface area contributed by atoms with Gasteiger partial charge < -0.3 is 10.2 Å². The van der Waals surface area contributed by atoms with Crippen LogP contribution in [0.25, 0.3) is 0 Å². The lowest BCUT2D eigenvalue weighted by atomic mass is 9.99. The van der Waals surface area contributed by atoms with Crippen LogP contribution in [0.5, 0.6) is 0 Å². The van der Waals surface area contributed by atoms with E-state index in [1.54, 1.807) is 24.0 Å². The van der Waals surface area contributed by atoms with Crippen molar-refractivity contribution in [3.05, 3.63) is 71.0 Å². The van der Waals surface area contributed by atoms with Crippen LogP contribution in [0.15, 0.2) is 48.5 Å². The van der Waals surface area contributed by atoms with Gasteiger partial charge in [-0.2, -0.15) is 0 Å². The minimum Gasteiger partial charge on any atom is -0.344 e. The monoisotopic (exact) mass is 340 g/mol. The van der Waals surface area contributed by atoms with Gasteiger partial charge in [-0.05, 0) is 42.2 Å². The van der Waals surface area contributed by atoms with Crippen molar-refractivity contribution in [2.24, 2.45) is 0 Å². The lowest BCUT2D eigenvalue weighted by Crippen LogP contribution is -2.48. The molecule has 0 aromatic heterocycles. The van der Waals surface area contributed by atoms with E-state index < -0.39 is 6.04 Å². The molecule has 0 saturated carbocycles. The smallest absolute Gasteiger partial charge is 0.245 e. The van der Waals surface area contributed by atoms with Gasteiger partial charge in [0.2, 0.25) is 11.8 Å². The van der Waals surface area contributed by atoms with E-state index in [0.717, 1.165) is 12.0 Å². The fraction of sp³-hybridized carbons (Fsp3) is 0.300. The van der Waals surface area contributed by atoms with Crippen LogP contribution in [-0.2, 0) is 29.0 Å². The molecule has 1 aliphatic heterocycles. The molecule has 1 aliphatic rings. The molecule has 5 heteroatoms. The summed E-state index contributed by atoms with van der Waals surface area (Å²) in [6, 6.07) is 13.3. The topological polar surface area (TPSA) is 49.4 Å². The first-order valence-electron chi connectivity index (χ1n) is 8.42. The SMILES string of the molecule is C[C@@H](NC(=O)Cc1ccc(F)cc1)C(=O)N1CCc2ccccc2C1. The van der Waals surface area contributed by atoms with Crippen LogP contribution < -0.4 is 5.32 Å². The molecule has 2 amide bonds. The molecule has 0 radical (unpaired) electrons. The quantitative estimate of drug-likeness (QED) is 0.929. The maximum absolute atomic E-state index is 12.9. The Labute approximate surface area is 146 Å². The molecule has 25 heavy (non-hydrogen) atoms. The van der Waals surface area contributed by atoms with E-state index in [0.29, 0.717) is 18.7 Å². The molecule has 0 aliphatic carbocycles. The molecule has 0 spiro atoms. The standard InChI is InChI=1S/C20H21FN2O2/c1-14(22-19(24)12-15-6-8-18(21)9-7-15)20(25)23-11-10-16-4-2-3-5-17(16)13-23/h2-9,14H,10-13H2,1H3,(H,22,24)/t14-/m1/s1. The first kappa shape index (κ1) is 17.1. The van der Waals surface area contributed by atoms with Crippen molar-refractivity contribution >= 4 is 11.8 Å². The lowest BCUT2D eigenvalue weighted by molar-refractivity contribution is -0.136. The third-order valence-electron chi connectivity index (χ3n) is 4.47. The Balaban J connectivity index is 1.56. The molecule has 1 N–H and O–H groups in total. The largest absolute Gasteiger partial charge is 0.344 e. The number of hydrogen-bond donors (Lipinski definition) is 1. The number of nitrogens with one attached hydrogen (secondary N) is 1. The van der Waals surface area contributed by atoms with Crippen molar-refractivity contribution in [3.63, 3.8) is 0 Å². The lowest BCUT2D eigenvalue weighted by Gasteiger charge is -2.31. The number of fused-ring (bicyclic) bond motifs is 1. The number of amides is 2. The molecule has 1 heterocycles. The molecule has 0 bridgehead atoms. The molecule has 0 fully saturated rings. The van der Waals surface area contributed by atoms with E-state index in [9.17, 15) is 14.0 Å². The van der Waals surface area contributed by atoms with Gasteiger partial charge in [0, 0.05) is 13.1 Å². The summed E-state index contributed by atoms with van der Waals surface area (Å²) in [5.74, 6) is -0.662. The third kappa shape index (κ3) is 4.24. The predicted octanol–water partition coefficient (Wildman–Crippen LogP) is 2.46. The zero-order chi connectivity index (χ0) is 17.8. The number of nitrogens with zero attached hydrogens (tertiary/aromatic N) is 1. The number of benzene rings is 2. The van der Waals surface area contributed by atoms with Crippen LogP contribution >= 0.6 is 0 Å². The molecule has 2 aromatic rings. The second-order valence-corrected chi connectivity index (χ2v) is 6.37. The Bertz CT molecular complexity index is 774. The van der Waals surface area contributed by atoms with Crippen LogP contribution in [0.2, 0.25) is 0 Å². The molecule has 0 unspecified atom stereocenters. The van der Waals surface area contributed by atoms with Crippen molar-refractivity contribution in [1.82, 2.24) is 10.2 Å². The Morgan fingerprint density at radius 3 is 2.52 bits per heavy atom. The van der Waals surface area contributed by atoms with Gasteiger partial charge in [-0.15, -0.1) is 0 Å². The summed E-state index contributed by atoms with van der Waals surface area (Å²) in [6.07, 6.45) is 0.957. The normalized spacial score (nSPS) is 14.6. The minimum absolute atomic E-state index is 0.0815. The molecule has 4 nitrogen and oxygen atoms in total. The number of carbonyl (C=O) groups is 2. The Kier molecular flexibility index (Phi) is 5.12. The summed E-state index contributed by atoms with van der Waals surface area (Å²) >= 11 is 0. The molecule has 130 valence electrons. The first-order valence-corrected chi connectivity index (χ1v) is 8.42. The molecule has 1 atom stereocenters. The number of halogens is 1. The van der Waals surface area contributed by atoms with Crippen molar-refractivity contribution in [1.29, 1.82) is 0 Å². The van der Waals surface area contributed by atoms with E-state index in [-0.39, 0.29) is 24.1 Å². The van der Waals surface area contributed by atoms with Gasteiger partial charge in [0.1, 0.15) is 11.9 Å². The van der Waals surface area contributed by atoms with Crippen molar-refractivity contribution in [2.75, 3.05) is 6.54 Å². The fourth-order valence-electron chi connectivity index (χ4n) is 3.10. The maximum atomic E-state index is 12.9. The van der Waals surface area contributed by atoms with Crippen molar-refractivity contribution < 1.29 is 14.0 Å². The highest BCUT2D eigenvalue weighted by atomic mass is 19.1.